The molecule has 0 atom stereocenters. The lowest BCUT2D eigenvalue weighted by molar-refractivity contribution is 0.432. The van der Waals surface area contributed by atoms with Crippen LogP contribution in [0.15, 0.2) is 60.7 Å². The van der Waals surface area contributed by atoms with E-state index in [1.54, 1.807) is 0 Å². The summed E-state index contributed by atoms with van der Waals surface area (Å²) in [5.74, 6) is -0.116. The third-order valence-corrected chi connectivity index (χ3v) is 3.98. The number of hydrogen-bond donors (Lipinski definition) is 7. The summed E-state index contributed by atoms with van der Waals surface area (Å²) in [4.78, 5) is 0. The van der Waals surface area contributed by atoms with Crippen LogP contribution in [-0.4, -0.2) is 24.1 Å². The van der Waals surface area contributed by atoms with Crippen molar-refractivity contribution in [1.82, 2.24) is 10.6 Å². The summed E-state index contributed by atoms with van der Waals surface area (Å²) in [6.45, 7) is 4.68. The maximum Gasteiger partial charge on any atom is 0.195 e. The summed E-state index contributed by atoms with van der Waals surface area (Å²) in [7, 11) is 0. The summed E-state index contributed by atoms with van der Waals surface area (Å²) >= 11 is 0. The Morgan fingerprint density at radius 3 is 1.76 bits per heavy atom. The summed E-state index contributed by atoms with van der Waals surface area (Å²) in [6, 6.07) is 20.3. The van der Waals surface area contributed by atoms with Crippen LogP contribution in [0.3, 0.4) is 0 Å². The van der Waals surface area contributed by atoms with Gasteiger partial charge in [0.2, 0.25) is 0 Å². The van der Waals surface area contributed by atoms with Gasteiger partial charge in [-0.2, -0.15) is 0 Å². The first kappa shape index (κ1) is 26.4. The molecule has 0 heterocycles. The van der Waals surface area contributed by atoms with Crippen molar-refractivity contribution in [3.05, 3.63) is 71.8 Å². The molecule has 0 saturated carbocycles. The van der Waals surface area contributed by atoms with Crippen molar-refractivity contribution in [1.29, 1.82) is 10.8 Å². The Balaban J connectivity index is 0.000000576. The van der Waals surface area contributed by atoms with E-state index in [1.807, 2.05) is 43.3 Å². The van der Waals surface area contributed by atoms with E-state index in [-0.39, 0.29) is 30.2 Å². The van der Waals surface area contributed by atoms with Gasteiger partial charge < -0.3 is 22.5 Å². The standard InChI is InChI=1S/C15H18N2.C6H15N5.ClH/c1-15(16,17)14(12-8-4-2-5-9-12)13-10-6-3-7-11-13;1-2-3-4-10-6(9)11-5(7)8;/h2-11,14H,16-17H2,1H3;2-4H2,1H3,(H6,7,8,9,10,11);1H. The topological polar surface area (TPSA) is 150 Å². The molecular weight excluding hydrogens is 386 g/mol. The van der Waals surface area contributed by atoms with Crippen LogP contribution in [0.2, 0.25) is 0 Å². The number of unbranched alkanes of at least 4 members (excludes halogenated alkanes) is 1. The molecule has 160 valence electrons. The fourth-order valence-electron chi connectivity index (χ4n) is 2.77. The summed E-state index contributed by atoms with van der Waals surface area (Å²) in [5.41, 5.74) is 18.7. The predicted molar refractivity (Wildman–Crippen MR) is 124 cm³/mol. The zero-order valence-electron chi connectivity index (χ0n) is 17.1. The van der Waals surface area contributed by atoms with E-state index in [0.717, 1.165) is 30.5 Å². The van der Waals surface area contributed by atoms with Crippen molar-refractivity contribution < 1.29 is 0 Å². The second-order valence-corrected chi connectivity index (χ2v) is 6.81. The summed E-state index contributed by atoms with van der Waals surface area (Å²) in [5, 5.41) is 19.0. The van der Waals surface area contributed by atoms with Gasteiger partial charge in [0.25, 0.3) is 0 Å². The van der Waals surface area contributed by atoms with Crippen molar-refractivity contribution >= 4 is 24.3 Å². The van der Waals surface area contributed by atoms with Gasteiger partial charge in [0.15, 0.2) is 11.9 Å². The maximum absolute atomic E-state index is 7.15. The van der Waals surface area contributed by atoms with Crippen LogP contribution in [0.4, 0.5) is 0 Å². The molecule has 0 unspecified atom stereocenters. The molecule has 0 aliphatic rings. The maximum atomic E-state index is 7.15. The number of rotatable bonds is 6. The molecule has 0 aromatic heterocycles. The highest BCUT2D eigenvalue weighted by Crippen LogP contribution is 2.30. The molecule has 0 saturated heterocycles. The molecule has 0 fully saturated rings. The predicted octanol–water partition coefficient (Wildman–Crippen LogP) is 2.67. The summed E-state index contributed by atoms with van der Waals surface area (Å²) < 4.78 is 0. The highest BCUT2D eigenvalue weighted by Gasteiger charge is 2.28. The van der Waals surface area contributed by atoms with Gasteiger partial charge in [0.1, 0.15) is 0 Å². The van der Waals surface area contributed by atoms with E-state index in [2.05, 4.69) is 41.8 Å². The smallest absolute Gasteiger partial charge is 0.195 e. The zero-order valence-corrected chi connectivity index (χ0v) is 17.9. The number of nitrogens with one attached hydrogen (secondary N) is 4. The quantitative estimate of drug-likeness (QED) is 0.166. The first-order valence-electron chi connectivity index (χ1n) is 9.36. The van der Waals surface area contributed by atoms with Gasteiger partial charge in [0, 0.05) is 12.5 Å². The van der Waals surface area contributed by atoms with Crippen LogP contribution < -0.4 is 27.8 Å². The SMILES string of the molecule is CC(N)(N)C(c1ccccc1)c1ccccc1.CCCCNC(=N)NC(=N)N.Cl. The highest BCUT2D eigenvalue weighted by atomic mass is 35.5. The molecule has 7 nitrogen and oxygen atoms in total. The molecule has 2 aromatic carbocycles. The van der Waals surface area contributed by atoms with Crippen LogP contribution in [-0.2, 0) is 0 Å². The molecule has 0 spiro atoms. The van der Waals surface area contributed by atoms with Crippen LogP contribution in [0.5, 0.6) is 0 Å². The van der Waals surface area contributed by atoms with E-state index in [9.17, 15) is 0 Å². The second kappa shape index (κ2) is 13.5. The molecule has 10 N–H and O–H groups in total. The van der Waals surface area contributed by atoms with Crippen LogP contribution in [0, 0.1) is 10.8 Å². The number of guanidine groups is 2. The Labute approximate surface area is 179 Å². The van der Waals surface area contributed by atoms with Gasteiger partial charge in [0.05, 0.1) is 5.66 Å². The number of nitrogens with two attached hydrogens (primary N) is 3. The first-order valence-corrected chi connectivity index (χ1v) is 9.36. The molecule has 2 rings (SSSR count). The van der Waals surface area contributed by atoms with Crippen molar-refractivity contribution in [2.75, 3.05) is 6.54 Å². The lowest BCUT2D eigenvalue weighted by Crippen LogP contribution is -2.51. The Bertz CT molecular complexity index is 675. The third-order valence-electron chi connectivity index (χ3n) is 3.98. The van der Waals surface area contributed by atoms with E-state index in [0.29, 0.717) is 0 Å². The Hall–Kier alpha value is -2.61. The van der Waals surface area contributed by atoms with Crippen LogP contribution in [0.25, 0.3) is 0 Å². The van der Waals surface area contributed by atoms with Gasteiger partial charge >= 0.3 is 0 Å². The van der Waals surface area contributed by atoms with Crippen molar-refractivity contribution in [3.8, 4) is 0 Å². The van der Waals surface area contributed by atoms with Gasteiger partial charge in [-0.25, -0.2) is 0 Å². The van der Waals surface area contributed by atoms with Gasteiger partial charge in [-0.05, 0) is 24.5 Å². The molecule has 8 heteroatoms. The number of hydrogen-bond acceptors (Lipinski definition) is 4. The molecule has 2 aromatic rings. The van der Waals surface area contributed by atoms with Crippen LogP contribution in [0.1, 0.15) is 43.7 Å². The third kappa shape index (κ3) is 10.5. The molecule has 0 radical (unpaired) electrons. The monoisotopic (exact) mass is 419 g/mol. The minimum absolute atomic E-state index is 0. The highest BCUT2D eigenvalue weighted by molar-refractivity contribution is 5.94. The Morgan fingerprint density at radius 1 is 0.966 bits per heavy atom. The van der Waals surface area contributed by atoms with Crippen LogP contribution >= 0.6 is 12.4 Å². The summed E-state index contributed by atoms with van der Waals surface area (Å²) in [6.07, 6.45) is 2.10. The second-order valence-electron chi connectivity index (χ2n) is 6.81. The van der Waals surface area contributed by atoms with E-state index >= 15 is 0 Å². The van der Waals surface area contributed by atoms with E-state index < -0.39 is 5.66 Å². The fourth-order valence-corrected chi connectivity index (χ4v) is 2.77. The molecule has 0 amide bonds. The van der Waals surface area contributed by atoms with Gasteiger partial charge in [-0.3, -0.25) is 16.1 Å². The minimum atomic E-state index is -0.775. The van der Waals surface area contributed by atoms with Gasteiger partial charge in [-0.1, -0.05) is 74.0 Å². The fraction of sp³-hybridized carbons (Fsp3) is 0.333. The average molecular weight is 420 g/mol. The molecule has 29 heavy (non-hydrogen) atoms. The largest absolute Gasteiger partial charge is 0.370 e. The average Bonchev–Trinajstić information content (AvgIpc) is 2.63. The normalized spacial score (nSPS) is 10.2. The zero-order chi connectivity index (χ0) is 21.0. The van der Waals surface area contributed by atoms with E-state index in [4.69, 9.17) is 28.0 Å². The molecule has 0 aliphatic carbocycles. The lowest BCUT2D eigenvalue weighted by Gasteiger charge is -2.31. The van der Waals surface area contributed by atoms with Crippen molar-refractivity contribution in [2.24, 2.45) is 17.2 Å². The lowest BCUT2D eigenvalue weighted by atomic mass is 9.82. The van der Waals surface area contributed by atoms with E-state index in [1.165, 1.54) is 0 Å². The van der Waals surface area contributed by atoms with Gasteiger partial charge in [-0.15, -0.1) is 12.4 Å². The van der Waals surface area contributed by atoms with Crippen molar-refractivity contribution in [2.45, 2.75) is 38.3 Å². The number of benzene rings is 2. The molecule has 0 bridgehead atoms. The Kier molecular flexibility index (Phi) is 12.3. The molecular formula is C21H34ClN7. The number of halogens is 1. The molecule has 0 aliphatic heterocycles. The van der Waals surface area contributed by atoms with Crippen molar-refractivity contribution in [3.63, 3.8) is 0 Å². The Morgan fingerprint density at radius 2 is 1.41 bits per heavy atom. The minimum Gasteiger partial charge on any atom is -0.370 e. The first-order chi connectivity index (χ1) is 13.3.